The predicted octanol–water partition coefficient (Wildman–Crippen LogP) is 2.98. The summed E-state index contributed by atoms with van der Waals surface area (Å²) in [5.41, 5.74) is 0.971. The molecule has 88 valence electrons. The molecule has 4 nitrogen and oxygen atoms in total. The number of rotatable bonds is 2. The predicted molar refractivity (Wildman–Crippen MR) is 67.6 cm³/mol. The summed E-state index contributed by atoms with van der Waals surface area (Å²) >= 11 is 11.7. The van der Waals surface area contributed by atoms with Gasteiger partial charge in [-0.2, -0.15) is 5.10 Å². The second-order valence-corrected chi connectivity index (χ2v) is 4.26. The Hall–Kier alpha value is -1.52. The van der Waals surface area contributed by atoms with E-state index < -0.39 is 0 Å². The first-order valence-electron chi connectivity index (χ1n) is 4.82. The minimum Gasteiger partial charge on any atom is -0.319 e. The van der Waals surface area contributed by atoms with Gasteiger partial charge in [0, 0.05) is 18.3 Å². The maximum atomic E-state index is 11.9. The molecule has 0 spiro atoms. The number of amides is 1. The van der Waals surface area contributed by atoms with Gasteiger partial charge in [0.2, 0.25) is 0 Å². The van der Waals surface area contributed by atoms with Crippen LogP contribution in [0.4, 0.5) is 5.69 Å². The van der Waals surface area contributed by atoms with E-state index in [-0.39, 0.29) is 5.91 Å². The van der Waals surface area contributed by atoms with Crippen LogP contribution in [0, 0.1) is 0 Å². The maximum absolute atomic E-state index is 11.9. The van der Waals surface area contributed by atoms with E-state index in [1.165, 1.54) is 4.68 Å². The third kappa shape index (κ3) is 2.60. The molecule has 2 aromatic rings. The smallest absolute Gasteiger partial charge is 0.273 e. The lowest BCUT2D eigenvalue weighted by molar-refractivity contribution is 0.101. The SMILES string of the molecule is Cn1nccc1C(=O)Nc1ccc(Cl)cc1Cl. The molecule has 0 atom stereocenters. The molecule has 0 aliphatic carbocycles. The third-order valence-corrected chi connectivity index (χ3v) is 2.78. The fourth-order valence-electron chi connectivity index (χ4n) is 1.37. The van der Waals surface area contributed by atoms with Crippen molar-refractivity contribution in [2.24, 2.45) is 7.05 Å². The van der Waals surface area contributed by atoms with Crippen LogP contribution in [0.2, 0.25) is 10.0 Å². The van der Waals surface area contributed by atoms with Crippen LogP contribution in [-0.4, -0.2) is 15.7 Å². The molecule has 1 aromatic heterocycles. The lowest BCUT2D eigenvalue weighted by Crippen LogP contribution is -2.16. The van der Waals surface area contributed by atoms with Crippen LogP contribution in [0.1, 0.15) is 10.5 Å². The van der Waals surface area contributed by atoms with Crippen LogP contribution in [0.15, 0.2) is 30.5 Å². The molecular weight excluding hydrogens is 261 g/mol. The van der Waals surface area contributed by atoms with Gasteiger partial charge in [-0.15, -0.1) is 0 Å². The second kappa shape index (κ2) is 4.77. The number of aromatic nitrogens is 2. The van der Waals surface area contributed by atoms with Crippen molar-refractivity contribution in [3.63, 3.8) is 0 Å². The molecule has 1 heterocycles. The number of carbonyl (C=O) groups excluding carboxylic acids is 1. The summed E-state index contributed by atoms with van der Waals surface area (Å²) in [7, 11) is 1.69. The lowest BCUT2D eigenvalue weighted by Gasteiger charge is -2.07. The molecule has 0 fully saturated rings. The molecule has 1 aromatic carbocycles. The van der Waals surface area contributed by atoms with E-state index >= 15 is 0 Å². The molecule has 6 heteroatoms. The van der Waals surface area contributed by atoms with Gasteiger partial charge in [-0.05, 0) is 24.3 Å². The van der Waals surface area contributed by atoms with Gasteiger partial charge >= 0.3 is 0 Å². The minimum absolute atomic E-state index is 0.269. The molecule has 0 aliphatic heterocycles. The number of anilines is 1. The van der Waals surface area contributed by atoms with Crippen molar-refractivity contribution in [2.45, 2.75) is 0 Å². The summed E-state index contributed by atoms with van der Waals surface area (Å²) in [5.74, 6) is -0.269. The van der Waals surface area contributed by atoms with E-state index in [0.29, 0.717) is 21.4 Å². The summed E-state index contributed by atoms with van der Waals surface area (Å²) < 4.78 is 1.49. The van der Waals surface area contributed by atoms with Crippen molar-refractivity contribution >= 4 is 34.8 Å². The standard InChI is InChI=1S/C11H9Cl2N3O/c1-16-10(4-5-14-16)11(17)15-9-3-2-7(12)6-8(9)13/h2-6H,1H3,(H,15,17). The second-order valence-electron chi connectivity index (χ2n) is 3.42. The van der Waals surface area contributed by atoms with Crippen LogP contribution in [0.25, 0.3) is 0 Å². The summed E-state index contributed by atoms with van der Waals surface area (Å²) in [4.78, 5) is 11.9. The quantitative estimate of drug-likeness (QED) is 0.911. The van der Waals surface area contributed by atoms with Crippen LogP contribution in [-0.2, 0) is 7.05 Å². The van der Waals surface area contributed by atoms with Crippen molar-refractivity contribution in [3.05, 3.63) is 46.2 Å². The fourth-order valence-corrected chi connectivity index (χ4v) is 1.83. The van der Waals surface area contributed by atoms with Crippen LogP contribution < -0.4 is 5.32 Å². The zero-order valence-corrected chi connectivity index (χ0v) is 10.5. The van der Waals surface area contributed by atoms with E-state index in [1.54, 1.807) is 37.5 Å². The number of nitrogens with zero attached hydrogens (tertiary/aromatic N) is 2. The fraction of sp³-hybridized carbons (Fsp3) is 0.0909. The summed E-state index contributed by atoms with van der Waals surface area (Å²) in [6, 6.07) is 6.51. The van der Waals surface area contributed by atoms with Gasteiger partial charge in [0.1, 0.15) is 5.69 Å². The lowest BCUT2D eigenvalue weighted by atomic mass is 10.3. The largest absolute Gasteiger partial charge is 0.319 e. The number of benzene rings is 1. The zero-order valence-electron chi connectivity index (χ0n) is 8.95. The summed E-state index contributed by atoms with van der Waals surface area (Å²) in [6.45, 7) is 0. The van der Waals surface area contributed by atoms with Crippen molar-refractivity contribution in [1.82, 2.24) is 9.78 Å². The molecular formula is C11H9Cl2N3O. The molecule has 0 radical (unpaired) electrons. The number of hydrogen-bond donors (Lipinski definition) is 1. The number of halogens is 2. The Morgan fingerprint density at radius 1 is 1.35 bits per heavy atom. The first-order chi connectivity index (χ1) is 8.08. The van der Waals surface area contributed by atoms with Gasteiger partial charge in [0.15, 0.2) is 0 Å². The number of hydrogen-bond acceptors (Lipinski definition) is 2. The summed E-state index contributed by atoms with van der Waals surface area (Å²) in [6.07, 6.45) is 1.55. The van der Waals surface area contributed by atoms with Crippen LogP contribution in [0.3, 0.4) is 0 Å². The van der Waals surface area contributed by atoms with Gasteiger partial charge in [-0.25, -0.2) is 0 Å². The third-order valence-electron chi connectivity index (χ3n) is 2.23. The summed E-state index contributed by atoms with van der Waals surface area (Å²) in [5, 5.41) is 7.53. The zero-order chi connectivity index (χ0) is 12.4. The highest BCUT2D eigenvalue weighted by Gasteiger charge is 2.11. The number of carbonyl (C=O) groups is 1. The molecule has 0 saturated carbocycles. The van der Waals surface area contributed by atoms with Gasteiger partial charge in [-0.3, -0.25) is 9.48 Å². The van der Waals surface area contributed by atoms with Gasteiger partial charge in [0.05, 0.1) is 10.7 Å². The van der Waals surface area contributed by atoms with Crippen molar-refractivity contribution in [2.75, 3.05) is 5.32 Å². The van der Waals surface area contributed by atoms with E-state index in [0.717, 1.165) is 0 Å². The van der Waals surface area contributed by atoms with E-state index in [4.69, 9.17) is 23.2 Å². The molecule has 17 heavy (non-hydrogen) atoms. The first-order valence-corrected chi connectivity index (χ1v) is 5.58. The normalized spacial score (nSPS) is 10.3. The van der Waals surface area contributed by atoms with E-state index in [2.05, 4.69) is 10.4 Å². The van der Waals surface area contributed by atoms with Gasteiger partial charge < -0.3 is 5.32 Å². The van der Waals surface area contributed by atoms with E-state index in [1.807, 2.05) is 0 Å². The highest BCUT2D eigenvalue weighted by atomic mass is 35.5. The Morgan fingerprint density at radius 2 is 2.12 bits per heavy atom. The van der Waals surface area contributed by atoms with Crippen molar-refractivity contribution in [1.29, 1.82) is 0 Å². The van der Waals surface area contributed by atoms with Crippen molar-refractivity contribution < 1.29 is 4.79 Å². The number of aryl methyl sites for hydroxylation is 1. The average molecular weight is 270 g/mol. The minimum atomic E-state index is -0.269. The molecule has 0 bridgehead atoms. The van der Waals surface area contributed by atoms with Crippen LogP contribution in [0.5, 0.6) is 0 Å². The molecule has 2 rings (SSSR count). The van der Waals surface area contributed by atoms with Gasteiger partial charge in [-0.1, -0.05) is 23.2 Å². The Bertz CT molecular complexity index is 566. The maximum Gasteiger partial charge on any atom is 0.273 e. The average Bonchev–Trinajstić information content (AvgIpc) is 2.68. The Labute approximate surface area is 108 Å². The molecule has 1 amide bonds. The highest BCUT2D eigenvalue weighted by Crippen LogP contribution is 2.25. The van der Waals surface area contributed by atoms with E-state index in [9.17, 15) is 4.79 Å². The Balaban J connectivity index is 2.22. The number of nitrogens with one attached hydrogen (secondary N) is 1. The molecule has 0 saturated heterocycles. The molecule has 0 unspecified atom stereocenters. The monoisotopic (exact) mass is 269 g/mol. The van der Waals surface area contributed by atoms with Crippen LogP contribution >= 0.6 is 23.2 Å². The topological polar surface area (TPSA) is 46.9 Å². The molecule has 0 aliphatic rings. The molecule has 1 N–H and O–H groups in total. The highest BCUT2D eigenvalue weighted by molar-refractivity contribution is 6.36. The Kier molecular flexibility index (Phi) is 3.36. The Morgan fingerprint density at radius 3 is 2.71 bits per heavy atom. The first kappa shape index (κ1) is 12.0. The van der Waals surface area contributed by atoms with Gasteiger partial charge in [0.25, 0.3) is 5.91 Å². The van der Waals surface area contributed by atoms with Crippen molar-refractivity contribution in [3.8, 4) is 0 Å².